The van der Waals surface area contributed by atoms with E-state index in [1.807, 2.05) is 130 Å². The van der Waals surface area contributed by atoms with Gasteiger partial charge in [-0.2, -0.15) is 0 Å². The maximum absolute atomic E-state index is 14.2. The topological polar surface area (TPSA) is 367 Å². The van der Waals surface area contributed by atoms with Gasteiger partial charge in [0.2, 0.25) is 11.8 Å². The second kappa shape index (κ2) is 45.5. The predicted octanol–water partition coefficient (Wildman–Crippen LogP) is 12.4. The summed E-state index contributed by atoms with van der Waals surface area (Å²) in [4.78, 5) is 158. The van der Waals surface area contributed by atoms with E-state index in [-0.39, 0.29) is 133 Å². The van der Waals surface area contributed by atoms with Gasteiger partial charge in [-0.3, -0.25) is 52.5 Å². The average molecular weight is 1580 g/mol. The van der Waals surface area contributed by atoms with Crippen molar-refractivity contribution in [3.8, 4) is 0 Å². The summed E-state index contributed by atoms with van der Waals surface area (Å²) in [5.41, 5.74) is 6.19. The number of nitrogens with one attached hydrogen (secondary N) is 1. The number of piperidine rings is 2. The number of Topliss-reactive ketones (excluding diaryl/α,β-unsaturated/α-hetero) is 2. The SMILES string of the molecule is CC(C[C@@H](N)Cc1ccccc1)P(=O)(O)O.CC[C@H](C)[C@H](CC(=O)[C@H]1CCCCN1C)C(=O)N(C)[C@H](C[C@@H](OC(C)=O)c1nc(C(=O)N[C@@H](Cc2ccccc2)CC(C)P(=O)(O)O)cs1)C(C)C.CC[C@H](C)[C@H](CC(=O)[C@H]1CCCCN1C)C(=O)N(C)[C@H](C[C@@H](OC(C)=O)c1nc(C(=O)O)cs1)C(C)C.Cl. The molecule has 2 fully saturated rings. The van der Waals surface area contributed by atoms with Crippen LogP contribution in [-0.4, -0.2) is 190 Å². The standard InChI is InChI=1S/C38H59N4O8PS.C27H43N3O6S.C11H18NO3P.ClH/c1-9-25(4)30(21-34(44)32-17-13-14-18-41(32)7)38(46)42(8)33(24(2)3)22-35(50-27(6)43)37-40-31(23-52-37)36(45)39-29(19-26(5)51(47,48)49)20-28-15-11-10-12-16-28;1-8-17(4)19(13-23(32)21-11-9-10-12-29(21)6)26(33)30(7)22(16(2)3)14-24(36-18(5)31)25-28-20(15-37-25)27(34)35;1-9(16(13,14)15)7-11(12)8-10-5-3-2-4-6-10;/h10-12,15-16,23-26,29-30,32-33,35H,9,13-14,17-22H2,1-8H3,(H,39,45)(H2,47,48,49);15-17,19,21-22,24H,8-14H2,1-7H3,(H,34,35);2-6,9,11H,7-8,12H2,1H3,(H2,13,14,15);1H/t25-,26?,29+,30-,32+,33+,35+;17-,19-,21+,22+,24+;9?,11-;/m001./s1. The lowest BCUT2D eigenvalue weighted by Crippen LogP contribution is -2.48. The lowest BCUT2D eigenvalue weighted by Gasteiger charge is -2.37. The minimum atomic E-state index is -4.38. The Morgan fingerprint density at radius 3 is 1.32 bits per heavy atom. The van der Waals surface area contributed by atoms with Crippen molar-refractivity contribution in [2.75, 3.05) is 41.3 Å². The Labute approximate surface area is 642 Å². The Balaban J connectivity index is 0.000000467. The summed E-state index contributed by atoms with van der Waals surface area (Å²) < 4.78 is 34.2. The molecule has 0 aliphatic carbocycles. The van der Waals surface area contributed by atoms with E-state index in [9.17, 15) is 62.4 Å². The van der Waals surface area contributed by atoms with Gasteiger partial charge in [0, 0.05) is 100 Å². The first kappa shape index (κ1) is 94.5. The number of thiazole rings is 2. The molecule has 2 aromatic carbocycles. The minimum Gasteiger partial charge on any atom is -0.476 e. The number of aromatic nitrogens is 2. The number of nitrogens with zero attached hydrogens (tertiary/aromatic N) is 6. The van der Waals surface area contributed by atoms with Gasteiger partial charge in [0.05, 0.1) is 23.4 Å². The third kappa shape index (κ3) is 30.7. The van der Waals surface area contributed by atoms with Crippen LogP contribution in [0.4, 0.5) is 0 Å². The molecule has 0 spiro atoms. The number of hydrogen-bond acceptors (Lipinski definition) is 19. The quantitative estimate of drug-likeness (QED) is 0.0163. The Hall–Kier alpha value is -5.67. The Bertz CT molecular complexity index is 3510. The van der Waals surface area contributed by atoms with E-state index in [4.69, 9.17) is 25.0 Å². The highest BCUT2D eigenvalue weighted by Crippen LogP contribution is 2.44. The molecular formula is C76H121ClN8O17P2S2. The maximum atomic E-state index is 14.2. The van der Waals surface area contributed by atoms with E-state index in [0.29, 0.717) is 29.3 Å². The number of amides is 3. The molecule has 2 aromatic heterocycles. The molecule has 0 radical (unpaired) electrons. The van der Waals surface area contributed by atoms with E-state index < -0.39 is 80.4 Å². The monoisotopic (exact) mass is 1580 g/mol. The van der Waals surface area contributed by atoms with Crippen molar-refractivity contribution in [2.45, 2.75) is 246 Å². The number of likely N-dealkylation sites (tertiary alicyclic amines) is 2. The van der Waals surface area contributed by atoms with Gasteiger partial charge in [-0.15, -0.1) is 35.1 Å². The molecule has 2 saturated heterocycles. The van der Waals surface area contributed by atoms with Crippen molar-refractivity contribution in [1.29, 1.82) is 0 Å². The molecule has 4 heterocycles. The average Bonchev–Trinajstić information content (AvgIpc) is 1.61. The van der Waals surface area contributed by atoms with E-state index in [1.165, 1.54) is 33.1 Å². The first-order valence-electron chi connectivity index (χ1n) is 36.9. The van der Waals surface area contributed by atoms with Gasteiger partial charge in [0.15, 0.2) is 29.5 Å². The van der Waals surface area contributed by atoms with E-state index in [2.05, 4.69) is 25.1 Å². The molecule has 596 valence electrons. The number of esters is 2. The van der Waals surface area contributed by atoms with Gasteiger partial charge in [-0.1, -0.05) is 156 Å². The van der Waals surface area contributed by atoms with Crippen LogP contribution in [0, 0.1) is 35.5 Å². The summed E-state index contributed by atoms with van der Waals surface area (Å²) in [6, 6.07) is 17.3. The predicted molar refractivity (Wildman–Crippen MR) is 417 cm³/mol. The molecule has 4 aromatic rings. The molecular weight excluding hydrogens is 1460 g/mol. The molecule has 106 heavy (non-hydrogen) atoms. The number of benzene rings is 2. The van der Waals surface area contributed by atoms with Gasteiger partial charge in [-0.05, 0) is 113 Å². The zero-order chi connectivity index (χ0) is 78.8. The normalized spacial score (nSPS) is 18.5. The number of rotatable bonds is 37. The summed E-state index contributed by atoms with van der Waals surface area (Å²) >= 11 is 2.28. The summed E-state index contributed by atoms with van der Waals surface area (Å²) in [7, 11) is -0.932. The number of carbonyl (C=O) groups excluding carboxylic acids is 7. The zero-order valence-corrected chi connectivity index (χ0v) is 69.1. The van der Waals surface area contributed by atoms with Crippen molar-refractivity contribution >= 4 is 97.5 Å². The molecule has 0 saturated carbocycles. The molecule has 8 N–H and O–H groups in total. The first-order valence-corrected chi connectivity index (χ1v) is 42.0. The van der Waals surface area contributed by atoms with Gasteiger partial charge in [0.1, 0.15) is 15.7 Å². The number of carbonyl (C=O) groups is 8. The van der Waals surface area contributed by atoms with Crippen LogP contribution in [0.2, 0.25) is 0 Å². The summed E-state index contributed by atoms with van der Waals surface area (Å²) in [6.45, 7) is 23.4. The molecule has 2 aliphatic rings. The highest BCUT2D eigenvalue weighted by atomic mass is 35.5. The van der Waals surface area contributed by atoms with Gasteiger partial charge >= 0.3 is 33.1 Å². The summed E-state index contributed by atoms with van der Waals surface area (Å²) in [5, 5.41) is 15.9. The third-order valence-corrected chi connectivity index (χ3v) is 25.2. The summed E-state index contributed by atoms with van der Waals surface area (Å²) in [6.07, 6.45) is 7.99. The van der Waals surface area contributed by atoms with Crippen molar-refractivity contribution in [2.24, 2.45) is 41.2 Å². The van der Waals surface area contributed by atoms with Crippen molar-refractivity contribution in [1.82, 2.24) is 34.9 Å². The minimum absolute atomic E-state index is 0. The van der Waals surface area contributed by atoms with Crippen LogP contribution in [-0.2, 0) is 60.2 Å². The first-order chi connectivity index (χ1) is 49.2. The van der Waals surface area contributed by atoms with Crippen LogP contribution >= 0.6 is 50.3 Å². The van der Waals surface area contributed by atoms with Crippen molar-refractivity contribution < 1.29 is 81.6 Å². The van der Waals surface area contributed by atoms with Crippen LogP contribution in [0.1, 0.15) is 227 Å². The molecule has 2 aliphatic heterocycles. The van der Waals surface area contributed by atoms with Crippen LogP contribution in [0.25, 0.3) is 0 Å². The van der Waals surface area contributed by atoms with Crippen LogP contribution in [0.5, 0.6) is 0 Å². The number of nitrogens with two attached hydrogens (primary N) is 1. The van der Waals surface area contributed by atoms with E-state index in [1.54, 1.807) is 29.3 Å². The van der Waals surface area contributed by atoms with E-state index >= 15 is 0 Å². The van der Waals surface area contributed by atoms with Crippen LogP contribution in [0.15, 0.2) is 71.4 Å². The van der Waals surface area contributed by atoms with Crippen molar-refractivity contribution in [3.05, 3.63) is 104 Å². The highest BCUT2D eigenvalue weighted by molar-refractivity contribution is 7.52. The fraction of sp³-hybridized carbons (Fsp3) is 0.658. The Morgan fingerprint density at radius 1 is 0.594 bits per heavy atom. The number of aromatic carboxylic acids is 1. The Morgan fingerprint density at radius 2 is 0.972 bits per heavy atom. The zero-order valence-electron chi connectivity index (χ0n) is 64.9. The largest absolute Gasteiger partial charge is 0.476 e. The molecule has 14 atom stereocenters. The van der Waals surface area contributed by atoms with Gasteiger partial charge in [0.25, 0.3) is 5.91 Å². The number of carboxylic acids is 1. The second-order valence-electron chi connectivity index (χ2n) is 29.6. The number of likely N-dealkylation sites (N-methyl/N-ethyl adjacent to an activating group) is 2. The number of hydrogen-bond donors (Lipinski definition) is 7. The van der Waals surface area contributed by atoms with Crippen LogP contribution < -0.4 is 11.1 Å². The molecule has 30 heteroatoms. The van der Waals surface area contributed by atoms with Crippen LogP contribution in [0.3, 0.4) is 0 Å². The molecule has 0 bridgehead atoms. The number of halogens is 1. The second-order valence-corrected chi connectivity index (χ2v) is 35.5. The number of carboxylic acid groups (broad SMARTS) is 1. The Kier molecular flexibility index (Phi) is 40.6. The number of ether oxygens (including phenoxy) is 2. The molecule has 25 nitrogen and oxygen atoms in total. The van der Waals surface area contributed by atoms with Gasteiger partial charge < -0.3 is 55.0 Å². The lowest BCUT2D eigenvalue weighted by atomic mass is 9.83. The summed E-state index contributed by atoms with van der Waals surface area (Å²) in [5.74, 6) is -3.62. The molecule has 2 unspecified atom stereocenters. The molecule has 6 rings (SSSR count). The highest BCUT2D eigenvalue weighted by Gasteiger charge is 2.41. The third-order valence-electron chi connectivity index (χ3n) is 20.6. The fourth-order valence-electron chi connectivity index (χ4n) is 13.7. The maximum Gasteiger partial charge on any atom is 0.355 e. The fourth-order valence-corrected chi connectivity index (χ4v) is 16.4. The van der Waals surface area contributed by atoms with Gasteiger partial charge in [-0.25, -0.2) is 14.8 Å². The smallest absolute Gasteiger partial charge is 0.355 e. The van der Waals surface area contributed by atoms with Crippen molar-refractivity contribution in [3.63, 3.8) is 0 Å². The molecule has 3 amide bonds. The lowest BCUT2D eigenvalue weighted by molar-refractivity contribution is -0.150. The number of ketones is 2. The van der Waals surface area contributed by atoms with E-state index in [0.717, 1.165) is 98.3 Å².